The fourth-order valence-corrected chi connectivity index (χ4v) is 4.22. The monoisotopic (exact) mass is 431 g/mol. The van der Waals surface area contributed by atoms with Crippen molar-refractivity contribution >= 4 is 34.5 Å². The van der Waals surface area contributed by atoms with E-state index >= 15 is 0 Å². The molecule has 1 aromatic heterocycles. The molecule has 0 aliphatic rings. The number of carbonyl (C=O) groups is 1. The summed E-state index contributed by atoms with van der Waals surface area (Å²) in [7, 11) is 3.46. The van der Waals surface area contributed by atoms with E-state index in [1.165, 1.54) is 23.5 Å². The van der Waals surface area contributed by atoms with Gasteiger partial charge >= 0.3 is 0 Å². The van der Waals surface area contributed by atoms with E-state index in [1.807, 2.05) is 42.8 Å². The predicted molar refractivity (Wildman–Crippen MR) is 113 cm³/mol. The number of halogens is 1. The number of thiazole rings is 1. The molecule has 1 heterocycles. The van der Waals surface area contributed by atoms with Crippen molar-refractivity contribution in [1.82, 2.24) is 4.57 Å². The van der Waals surface area contributed by atoms with E-state index in [0.29, 0.717) is 4.80 Å². The lowest BCUT2D eigenvalue weighted by Crippen LogP contribution is -2.14. The van der Waals surface area contributed by atoms with Gasteiger partial charge in [-0.15, -0.1) is 11.3 Å². The Morgan fingerprint density at radius 2 is 1.97 bits per heavy atom. The summed E-state index contributed by atoms with van der Waals surface area (Å²) in [6.07, 6.45) is 0.780. The minimum absolute atomic E-state index is 0.00162. The van der Waals surface area contributed by atoms with Gasteiger partial charge in [0.25, 0.3) is 11.6 Å². The average Bonchev–Trinajstić information content (AvgIpc) is 3.03. The van der Waals surface area contributed by atoms with Crippen LogP contribution in [0.5, 0.6) is 5.75 Å². The number of hydrogen-bond acceptors (Lipinski definition) is 5. The number of ether oxygens (including phenoxy) is 1. The highest BCUT2D eigenvalue weighted by Gasteiger charge is 2.17. The van der Waals surface area contributed by atoms with Crippen LogP contribution in [0.25, 0.3) is 11.3 Å². The number of aryl methyl sites for hydroxylation is 1. The first-order chi connectivity index (χ1) is 13.8. The Morgan fingerprint density at radius 3 is 2.52 bits per heavy atom. The van der Waals surface area contributed by atoms with Crippen LogP contribution in [0.15, 0.2) is 47.5 Å². The van der Waals surface area contributed by atoms with E-state index in [-0.39, 0.29) is 16.3 Å². The Hall–Kier alpha value is -2.97. The molecule has 1 amide bonds. The Bertz CT molecular complexity index is 1150. The largest absolute Gasteiger partial charge is 0.497 e. The number of carbonyl (C=O) groups excluding carboxylic acids is 1. The van der Waals surface area contributed by atoms with E-state index in [0.717, 1.165) is 34.4 Å². The molecule has 0 N–H and O–H groups in total. The van der Waals surface area contributed by atoms with Crippen molar-refractivity contribution in [2.24, 2.45) is 12.0 Å². The lowest BCUT2D eigenvalue weighted by atomic mass is 10.1. The normalized spacial score (nSPS) is 11.5. The second-order valence-electron chi connectivity index (χ2n) is 6.14. The summed E-state index contributed by atoms with van der Waals surface area (Å²) in [4.78, 5) is 28.8. The molecule has 9 heteroatoms. The van der Waals surface area contributed by atoms with Gasteiger partial charge in [0.1, 0.15) is 5.75 Å². The number of amides is 1. The van der Waals surface area contributed by atoms with Crippen LogP contribution in [0.4, 0.5) is 5.69 Å². The zero-order valence-corrected chi connectivity index (χ0v) is 17.6. The number of hydrogen-bond donors (Lipinski definition) is 0. The first-order valence-electron chi connectivity index (χ1n) is 8.71. The lowest BCUT2D eigenvalue weighted by Gasteiger charge is -2.07. The third-order valence-corrected chi connectivity index (χ3v) is 5.97. The fraction of sp³-hybridized carbons (Fsp3) is 0.200. The van der Waals surface area contributed by atoms with E-state index in [1.54, 1.807) is 7.11 Å². The van der Waals surface area contributed by atoms with Crippen LogP contribution in [0.1, 0.15) is 22.2 Å². The van der Waals surface area contributed by atoms with Gasteiger partial charge in [-0.2, -0.15) is 4.99 Å². The topological polar surface area (TPSA) is 86.7 Å². The number of nitro groups is 1. The maximum Gasteiger partial charge on any atom is 0.281 e. The van der Waals surface area contributed by atoms with Gasteiger partial charge in [0.2, 0.25) is 0 Å². The van der Waals surface area contributed by atoms with Gasteiger partial charge < -0.3 is 9.30 Å². The summed E-state index contributed by atoms with van der Waals surface area (Å²) in [5.41, 5.74) is 1.91. The highest BCUT2D eigenvalue weighted by Crippen LogP contribution is 2.28. The third-order valence-electron chi connectivity index (χ3n) is 4.38. The average molecular weight is 432 g/mol. The standard InChI is InChI=1S/C20H18ClN3O4S/c1-4-17-18(12-5-8-14(28-3)9-6-12)23(2)20(29-17)22-19(25)15-10-7-13(24(26)27)11-16(15)21/h5-11H,4H2,1-3H3. The van der Waals surface area contributed by atoms with Crippen molar-refractivity contribution in [3.8, 4) is 17.0 Å². The molecule has 0 aliphatic heterocycles. The van der Waals surface area contributed by atoms with E-state index < -0.39 is 10.8 Å². The van der Waals surface area contributed by atoms with Gasteiger partial charge in [-0.25, -0.2) is 0 Å². The molecule has 150 valence electrons. The van der Waals surface area contributed by atoms with E-state index in [2.05, 4.69) is 4.99 Å². The molecule has 0 aliphatic carbocycles. The summed E-state index contributed by atoms with van der Waals surface area (Å²) in [5.74, 6) is 0.211. The number of nitrogens with zero attached hydrogens (tertiary/aromatic N) is 3. The van der Waals surface area contributed by atoms with Crippen molar-refractivity contribution < 1.29 is 14.5 Å². The molecular weight excluding hydrogens is 414 g/mol. The Morgan fingerprint density at radius 1 is 1.28 bits per heavy atom. The second kappa shape index (κ2) is 8.59. The van der Waals surface area contributed by atoms with Gasteiger partial charge in [0.05, 0.1) is 28.3 Å². The quantitative estimate of drug-likeness (QED) is 0.435. The third kappa shape index (κ3) is 4.23. The molecule has 0 radical (unpaired) electrons. The number of methoxy groups -OCH3 is 1. The first kappa shape index (κ1) is 20.8. The molecular formula is C20H18ClN3O4S. The summed E-state index contributed by atoms with van der Waals surface area (Å²) in [5, 5.41) is 10.8. The number of non-ortho nitro benzene ring substituents is 1. The first-order valence-corrected chi connectivity index (χ1v) is 9.91. The fourth-order valence-electron chi connectivity index (χ4n) is 2.89. The van der Waals surface area contributed by atoms with Gasteiger partial charge in [-0.3, -0.25) is 14.9 Å². The molecule has 0 fully saturated rings. The lowest BCUT2D eigenvalue weighted by molar-refractivity contribution is -0.384. The summed E-state index contributed by atoms with van der Waals surface area (Å²) >= 11 is 7.48. The zero-order chi connectivity index (χ0) is 21.1. The molecule has 29 heavy (non-hydrogen) atoms. The maximum absolute atomic E-state index is 12.7. The second-order valence-corrected chi connectivity index (χ2v) is 7.60. The van der Waals surface area contributed by atoms with Crippen molar-refractivity contribution in [2.75, 3.05) is 7.11 Å². The SMILES string of the molecule is CCc1sc(=NC(=O)c2ccc([N+](=O)[O-])cc2Cl)n(C)c1-c1ccc(OC)cc1. The highest BCUT2D eigenvalue weighted by atomic mass is 35.5. The molecule has 0 spiro atoms. The molecule has 3 rings (SSSR count). The van der Waals surface area contributed by atoms with Gasteiger partial charge in [0.15, 0.2) is 4.80 Å². The van der Waals surface area contributed by atoms with Crippen LogP contribution < -0.4 is 9.54 Å². The van der Waals surface area contributed by atoms with Gasteiger partial charge in [0, 0.05) is 24.1 Å². The van der Waals surface area contributed by atoms with Gasteiger partial charge in [-0.05, 0) is 42.3 Å². The van der Waals surface area contributed by atoms with Crippen LogP contribution in [-0.4, -0.2) is 22.5 Å². The molecule has 0 bridgehead atoms. The number of benzene rings is 2. The molecule has 7 nitrogen and oxygen atoms in total. The molecule has 0 saturated carbocycles. The Kier molecular flexibility index (Phi) is 6.14. The van der Waals surface area contributed by atoms with Crippen LogP contribution in [0, 0.1) is 10.1 Å². The van der Waals surface area contributed by atoms with Gasteiger partial charge in [-0.1, -0.05) is 18.5 Å². The van der Waals surface area contributed by atoms with Crippen LogP contribution in [-0.2, 0) is 13.5 Å². The number of aromatic nitrogens is 1. The molecule has 3 aromatic rings. The molecule has 0 atom stereocenters. The maximum atomic E-state index is 12.7. The minimum Gasteiger partial charge on any atom is -0.497 e. The van der Waals surface area contributed by atoms with E-state index in [9.17, 15) is 14.9 Å². The smallest absolute Gasteiger partial charge is 0.281 e. The molecule has 2 aromatic carbocycles. The zero-order valence-electron chi connectivity index (χ0n) is 16.0. The van der Waals surface area contributed by atoms with Crippen LogP contribution in [0.2, 0.25) is 5.02 Å². The Labute approximate surface area is 176 Å². The highest BCUT2D eigenvalue weighted by molar-refractivity contribution is 7.09. The predicted octanol–water partition coefficient (Wildman–Crippen LogP) is 4.63. The summed E-state index contributed by atoms with van der Waals surface area (Å²) in [6, 6.07) is 11.4. The van der Waals surface area contributed by atoms with Crippen molar-refractivity contribution in [1.29, 1.82) is 0 Å². The van der Waals surface area contributed by atoms with Crippen molar-refractivity contribution in [3.63, 3.8) is 0 Å². The number of nitro benzene ring substituents is 1. The van der Waals surface area contributed by atoms with Crippen LogP contribution >= 0.6 is 22.9 Å². The summed E-state index contributed by atoms with van der Waals surface area (Å²) < 4.78 is 7.07. The van der Waals surface area contributed by atoms with E-state index in [4.69, 9.17) is 16.3 Å². The van der Waals surface area contributed by atoms with Crippen LogP contribution in [0.3, 0.4) is 0 Å². The van der Waals surface area contributed by atoms with Crippen molar-refractivity contribution in [3.05, 3.63) is 72.8 Å². The summed E-state index contributed by atoms with van der Waals surface area (Å²) in [6.45, 7) is 2.04. The minimum atomic E-state index is -0.564. The number of rotatable bonds is 5. The molecule has 0 unspecified atom stereocenters. The Balaban J connectivity index is 2.05. The van der Waals surface area contributed by atoms with Crippen molar-refractivity contribution in [2.45, 2.75) is 13.3 Å². The molecule has 0 saturated heterocycles.